The van der Waals surface area contributed by atoms with Crippen LogP contribution in [0.4, 0.5) is 11.6 Å². The van der Waals surface area contributed by atoms with Crippen LogP contribution in [0.25, 0.3) is 21.8 Å². The second kappa shape index (κ2) is 19.1. The number of pyridine rings is 3. The van der Waals surface area contributed by atoms with Crippen molar-refractivity contribution >= 4 is 45.3 Å². The van der Waals surface area contributed by atoms with E-state index in [9.17, 15) is 30.0 Å². The quantitative estimate of drug-likeness (QED) is 0.0601. The molecule has 1 aliphatic rings. The van der Waals surface area contributed by atoms with Crippen molar-refractivity contribution in [2.75, 3.05) is 43.5 Å². The average Bonchev–Trinajstić information content (AvgIpc) is 3.74. The van der Waals surface area contributed by atoms with Gasteiger partial charge in [-0.15, -0.1) is 5.10 Å². The van der Waals surface area contributed by atoms with Gasteiger partial charge in [0.25, 0.3) is 11.8 Å². The highest BCUT2D eigenvalue weighted by Crippen LogP contribution is 2.31. The summed E-state index contributed by atoms with van der Waals surface area (Å²) in [6.07, 6.45) is -4.65. The molecular weight excluding hydrogens is 780 g/mol. The lowest BCUT2D eigenvalue weighted by atomic mass is 9.98. The fourth-order valence-corrected chi connectivity index (χ4v) is 6.33. The predicted octanol–water partition coefficient (Wildman–Crippen LogP) is 1.28. The van der Waals surface area contributed by atoms with Crippen molar-refractivity contribution in [3.8, 4) is 17.2 Å². The summed E-state index contributed by atoms with van der Waals surface area (Å²) in [6, 6.07) is 20.4. The van der Waals surface area contributed by atoms with Crippen LogP contribution in [0.1, 0.15) is 45.7 Å². The number of anilines is 2. The minimum absolute atomic E-state index is 0.0391. The smallest absolute Gasteiger partial charge is 0.275 e. The van der Waals surface area contributed by atoms with Crippen molar-refractivity contribution in [3.05, 3.63) is 96.1 Å². The summed E-state index contributed by atoms with van der Waals surface area (Å²) in [5, 5.41) is 55.5. The minimum atomic E-state index is -1.63. The molecule has 0 radical (unpaired) electrons. The van der Waals surface area contributed by atoms with E-state index in [-0.39, 0.29) is 41.1 Å². The van der Waals surface area contributed by atoms with Crippen LogP contribution in [0.2, 0.25) is 0 Å². The molecule has 1 fully saturated rings. The molecule has 0 bridgehead atoms. The van der Waals surface area contributed by atoms with Crippen molar-refractivity contribution in [3.63, 3.8) is 0 Å². The molecule has 10 N–H and O–H groups in total. The summed E-state index contributed by atoms with van der Waals surface area (Å²) >= 11 is 0. The predicted molar refractivity (Wildman–Crippen MR) is 215 cm³/mol. The summed E-state index contributed by atoms with van der Waals surface area (Å²) in [4.78, 5) is 41.3. The lowest BCUT2D eigenvalue weighted by molar-refractivity contribution is -0.254. The number of carbonyl (C=O) groups is 2. The number of aliphatic hydroxyl groups excluding tert-OH is 4. The van der Waals surface area contributed by atoms with Crippen LogP contribution in [0.5, 0.6) is 17.2 Å². The van der Waals surface area contributed by atoms with Gasteiger partial charge in [-0.3, -0.25) is 9.59 Å². The molecule has 5 heterocycles. The van der Waals surface area contributed by atoms with Crippen molar-refractivity contribution in [1.82, 2.24) is 29.9 Å². The Hall–Kier alpha value is -6.39. The molecule has 2 aromatic carbocycles. The van der Waals surface area contributed by atoms with Gasteiger partial charge >= 0.3 is 0 Å². The van der Waals surface area contributed by atoms with Crippen molar-refractivity contribution < 1.29 is 49.0 Å². The number of hydrogen-bond donors (Lipinski definition) is 8. The van der Waals surface area contributed by atoms with Gasteiger partial charge in [0.1, 0.15) is 77.0 Å². The lowest BCUT2D eigenvalue weighted by Gasteiger charge is -2.39. The van der Waals surface area contributed by atoms with Gasteiger partial charge in [-0.1, -0.05) is 29.5 Å². The van der Waals surface area contributed by atoms with Gasteiger partial charge < -0.3 is 61.5 Å². The van der Waals surface area contributed by atoms with Crippen molar-refractivity contribution in [2.24, 2.45) is 11.5 Å². The van der Waals surface area contributed by atoms with Gasteiger partial charge in [-0.2, -0.15) is 0 Å². The van der Waals surface area contributed by atoms with Gasteiger partial charge in [-0.25, -0.2) is 19.6 Å². The molecule has 0 unspecified atom stereocenters. The number of amides is 2. The third-order valence-corrected chi connectivity index (χ3v) is 9.39. The lowest BCUT2D eigenvalue weighted by Crippen LogP contribution is -2.56. The standard InChI is InChI=1S/C40H44N10O10/c41-11-5-13-57-30-17-33(44-26-9-3-1-7-24(26)30)46-38(55)28-15-23(59-21-22-19-50(49-48-22)40-37(54)36(53)35(52)32(20-51)60-40)16-29(43-28)39(56)47-34-18-31(58-14-6-12-42)25-8-2-4-10-27(25)45-34/h1-4,7-10,15-19,32,35-37,40,51-54H,5-6,11-14,20-21,41-42H2,(H,44,46,55)(H,45,47,56)/t32-,35-,36+,37-,40-/m1/s1. The number of hydrogen-bond acceptors (Lipinski definition) is 17. The Morgan fingerprint density at radius 1 is 0.733 bits per heavy atom. The zero-order valence-corrected chi connectivity index (χ0v) is 32.1. The number of rotatable bonds is 17. The zero-order valence-electron chi connectivity index (χ0n) is 32.1. The summed E-state index contributed by atoms with van der Waals surface area (Å²) in [7, 11) is 0. The maximum absolute atomic E-state index is 13.9. The molecule has 1 saturated heterocycles. The highest BCUT2D eigenvalue weighted by molar-refractivity contribution is 6.07. The number of nitrogens with zero attached hydrogens (tertiary/aromatic N) is 6. The van der Waals surface area contributed by atoms with E-state index >= 15 is 0 Å². The normalized spacial score (nSPS) is 18.9. The van der Waals surface area contributed by atoms with Crippen LogP contribution in [-0.2, 0) is 11.3 Å². The van der Waals surface area contributed by atoms with Crippen LogP contribution in [0.3, 0.4) is 0 Å². The van der Waals surface area contributed by atoms with Gasteiger partial charge in [0.05, 0.1) is 37.1 Å². The molecule has 0 aliphatic carbocycles. The molecule has 314 valence electrons. The number of para-hydroxylation sites is 2. The molecule has 20 nitrogen and oxygen atoms in total. The van der Waals surface area contributed by atoms with E-state index in [0.717, 1.165) is 15.5 Å². The van der Waals surface area contributed by atoms with E-state index < -0.39 is 49.1 Å². The highest BCUT2D eigenvalue weighted by atomic mass is 16.6. The van der Waals surface area contributed by atoms with Gasteiger partial charge in [0.2, 0.25) is 0 Å². The molecule has 1 aliphatic heterocycles. The van der Waals surface area contributed by atoms with E-state index in [0.29, 0.717) is 61.7 Å². The first-order valence-corrected chi connectivity index (χ1v) is 19.1. The number of fused-ring (bicyclic) bond motifs is 2. The molecule has 20 heteroatoms. The van der Waals surface area contributed by atoms with Gasteiger partial charge in [0, 0.05) is 35.0 Å². The van der Waals surface area contributed by atoms with Crippen LogP contribution in [0.15, 0.2) is 79.0 Å². The number of carbonyl (C=O) groups excluding carboxylic acids is 2. The second-order valence-corrected chi connectivity index (χ2v) is 13.7. The van der Waals surface area contributed by atoms with Crippen LogP contribution < -0.4 is 36.3 Å². The first-order chi connectivity index (χ1) is 29.1. The van der Waals surface area contributed by atoms with Gasteiger partial charge in [-0.05, 0) is 50.2 Å². The number of nitrogens with two attached hydrogens (primary N) is 2. The fraction of sp³-hybridized carbons (Fsp3) is 0.325. The van der Waals surface area contributed by atoms with E-state index in [1.165, 1.54) is 18.3 Å². The molecule has 7 rings (SSSR count). The number of nitrogens with one attached hydrogen (secondary N) is 2. The number of ether oxygens (including phenoxy) is 4. The van der Waals surface area contributed by atoms with Gasteiger partial charge in [0.15, 0.2) is 6.23 Å². The second-order valence-electron chi connectivity index (χ2n) is 13.7. The van der Waals surface area contributed by atoms with E-state index in [1.807, 2.05) is 24.3 Å². The van der Waals surface area contributed by atoms with E-state index in [4.69, 9.17) is 30.4 Å². The van der Waals surface area contributed by atoms with Crippen LogP contribution in [-0.4, -0.2) is 120 Å². The maximum Gasteiger partial charge on any atom is 0.275 e. The number of aliphatic hydroxyl groups is 4. The molecule has 5 atom stereocenters. The van der Waals surface area contributed by atoms with E-state index in [2.05, 4.69) is 35.9 Å². The number of benzene rings is 2. The Kier molecular flexibility index (Phi) is 13.3. The number of aromatic nitrogens is 6. The molecular formula is C40H44N10O10. The van der Waals surface area contributed by atoms with Crippen LogP contribution >= 0.6 is 0 Å². The molecule has 2 amide bonds. The SMILES string of the molecule is NCCCOc1cc(NC(=O)c2cc(OCc3cn([C@@H]4O[C@H](CO)[C@@H](O)[C@H](O)[C@H]4O)nn3)cc(C(=O)Nc3cc(OCCCN)c4ccccc4n3)n2)nc2ccccc12. The van der Waals surface area contributed by atoms with Crippen molar-refractivity contribution in [1.29, 1.82) is 0 Å². The Morgan fingerprint density at radius 3 is 1.82 bits per heavy atom. The first-order valence-electron chi connectivity index (χ1n) is 19.1. The monoisotopic (exact) mass is 824 g/mol. The molecule has 0 saturated carbocycles. The summed E-state index contributed by atoms with van der Waals surface area (Å²) in [5.74, 6) is -0.115. The largest absolute Gasteiger partial charge is 0.493 e. The fourth-order valence-electron chi connectivity index (χ4n) is 6.33. The topological polar surface area (TPSA) is 297 Å². The van der Waals surface area contributed by atoms with E-state index in [1.54, 1.807) is 36.4 Å². The van der Waals surface area contributed by atoms with Crippen molar-refractivity contribution in [2.45, 2.75) is 50.1 Å². The Bertz CT molecular complexity index is 2320. The third-order valence-electron chi connectivity index (χ3n) is 9.39. The average molecular weight is 825 g/mol. The molecule has 0 spiro atoms. The third kappa shape index (κ3) is 9.56. The molecule has 4 aromatic heterocycles. The first kappa shape index (κ1) is 41.8. The Balaban J connectivity index is 1.17. The summed E-state index contributed by atoms with van der Waals surface area (Å²) in [5.41, 5.74) is 12.2. The summed E-state index contributed by atoms with van der Waals surface area (Å²) < 4.78 is 24.6. The van der Waals surface area contributed by atoms with Crippen LogP contribution in [0, 0.1) is 0 Å². The zero-order chi connectivity index (χ0) is 42.2. The highest BCUT2D eigenvalue weighted by Gasteiger charge is 2.44. The Morgan fingerprint density at radius 2 is 1.28 bits per heavy atom. The molecule has 60 heavy (non-hydrogen) atoms. The maximum atomic E-state index is 13.9. The molecule has 6 aromatic rings. The summed E-state index contributed by atoms with van der Waals surface area (Å²) in [6.45, 7) is 0.687. The minimum Gasteiger partial charge on any atom is -0.493 e. The Labute approximate surface area is 342 Å².